The van der Waals surface area contributed by atoms with Crippen molar-refractivity contribution >= 4 is 44.8 Å². The Morgan fingerprint density at radius 2 is 1.51 bits per heavy atom. The summed E-state index contributed by atoms with van der Waals surface area (Å²) in [6, 6.07) is 33.7. The van der Waals surface area contributed by atoms with E-state index in [1.54, 1.807) is 0 Å². The minimum Gasteiger partial charge on any atom is -0.457 e. The highest BCUT2D eigenvalue weighted by Crippen LogP contribution is 2.45. The lowest BCUT2D eigenvalue weighted by Crippen LogP contribution is -2.25. The van der Waals surface area contributed by atoms with Crippen molar-refractivity contribution < 1.29 is 4.74 Å². The molecule has 0 saturated carbocycles. The number of anilines is 4. The third kappa shape index (κ3) is 5.45. The van der Waals surface area contributed by atoms with Gasteiger partial charge in [0.05, 0.1) is 16.7 Å². The summed E-state index contributed by atoms with van der Waals surface area (Å²) in [5.41, 5.74) is 7.83. The minimum absolute atomic E-state index is 0.00546. The summed E-state index contributed by atoms with van der Waals surface area (Å²) in [4.78, 5) is 19.1. The van der Waals surface area contributed by atoms with Crippen LogP contribution in [0, 0.1) is 6.92 Å². The first-order valence-corrected chi connectivity index (χ1v) is 16.9. The number of hydrogen-bond donors (Lipinski definition) is 0. The zero-order valence-corrected chi connectivity index (χ0v) is 28.8. The largest absolute Gasteiger partial charge is 0.457 e. The number of rotatable bonds is 6. The summed E-state index contributed by atoms with van der Waals surface area (Å²) in [7, 11) is 0. The first-order valence-electron chi connectivity index (χ1n) is 16.9. The predicted molar refractivity (Wildman–Crippen MR) is 200 cm³/mol. The van der Waals surface area contributed by atoms with Crippen molar-refractivity contribution in [1.29, 1.82) is 0 Å². The molecule has 0 atom stereocenters. The van der Waals surface area contributed by atoms with Crippen LogP contribution in [0.1, 0.15) is 57.2 Å². The fourth-order valence-corrected chi connectivity index (χ4v) is 6.83. The van der Waals surface area contributed by atoms with Crippen molar-refractivity contribution in [3.8, 4) is 17.3 Å². The van der Waals surface area contributed by atoms with E-state index in [0.717, 1.165) is 62.3 Å². The van der Waals surface area contributed by atoms with Crippen LogP contribution in [0.4, 0.5) is 23.0 Å². The molecule has 7 aromatic rings. The first-order chi connectivity index (χ1) is 23.7. The Morgan fingerprint density at radius 1 is 0.694 bits per heavy atom. The quantitative estimate of drug-likeness (QED) is 0.180. The second kappa shape index (κ2) is 11.8. The number of pyridine rings is 3. The molecule has 5 heterocycles. The predicted octanol–water partition coefficient (Wildman–Crippen LogP) is 10.7. The highest BCUT2D eigenvalue weighted by molar-refractivity contribution is 6.09. The lowest BCUT2D eigenvalue weighted by Gasteiger charge is -2.24. The molecule has 0 aliphatic carbocycles. The Kier molecular flexibility index (Phi) is 7.36. The minimum atomic E-state index is 0.00546. The molecule has 3 aromatic carbocycles. The number of hydrogen-bond acceptors (Lipinski definition) is 6. The SMILES string of the molecule is Cc1cnc(N2CN(c3cccc(Oc4ccc5c6ccccc6n(-c6cc(C(C)(C)C)ccn6)c5c4)c3)c3ncccc32)c(C(C)C)c1. The molecule has 0 spiro atoms. The lowest BCUT2D eigenvalue weighted by molar-refractivity contribution is 0.483. The fourth-order valence-electron chi connectivity index (χ4n) is 6.83. The number of nitrogens with zero attached hydrogens (tertiary/aromatic N) is 6. The van der Waals surface area contributed by atoms with Crippen molar-refractivity contribution in [3.63, 3.8) is 0 Å². The molecule has 0 unspecified atom stereocenters. The van der Waals surface area contributed by atoms with E-state index < -0.39 is 0 Å². The third-order valence-corrected chi connectivity index (χ3v) is 9.36. The Morgan fingerprint density at radius 3 is 2.35 bits per heavy atom. The molecule has 1 aliphatic heterocycles. The summed E-state index contributed by atoms with van der Waals surface area (Å²) < 4.78 is 8.85. The van der Waals surface area contributed by atoms with Gasteiger partial charge in [0.2, 0.25) is 0 Å². The lowest BCUT2D eigenvalue weighted by atomic mass is 9.88. The third-order valence-electron chi connectivity index (χ3n) is 9.36. The number of benzene rings is 3. The van der Waals surface area contributed by atoms with Crippen LogP contribution in [0.15, 0.2) is 116 Å². The van der Waals surface area contributed by atoms with E-state index in [1.165, 1.54) is 16.5 Å². The Balaban J connectivity index is 1.16. The van der Waals surface area contributed by atoms with Crippen LogP contribution < -0.4 is 14.5 Å². The highest BCUT2D eigenvalue weighted by atomic mass is 16.5. The monoisotopic (exact) mass is 644 g/mol. The Hall–Kier alpha value is -5.69. The molecule has 244 valence electrons. The molecule has 1 aliphatic rings. The van der Waals surface area contributed by atoms with Gasteiger partial charge in [0.1, 0.15) is 29.8 Å². The van der Waals surface area contributed by atoms with Crippen LogP contribution in [-0.2, 0) is 5.41 Å². The van der Waals surface area contributed by atoms with Crippen molar-refractivity contribution in [2.24, 2.45) is 0 Å². The molecule has 0 saturated heterocycles. The number of aromatic nitrogens is 4. The van der Waals surface area contributed by atoms with Crippen LogP contribution >= 0.6 is 0 Å². The summed E-state index contributed by atoms with van der Waals surface area (Å²) in [6.07, 6.45) is 5.71. The van der Waals surface area contributed by atoms with Crippen LogP contribution in [-0.4, -0.2) is 26.2 Å². The van der Waals surface area contributed by atoms with Gasteiger partial charge in [-0.05, 0) is 89.5 Å². The Labute approximate surface area is 287 Å². The molecule has 0 radical (unpaired) electrons. The summed E-state index contributed by atoms with van der Waals surface area (Å²) in [6.45, 7) is 13.8. The molecular formula is C42H40N6O. The second-order valence-electron chi connectivity index (χ2n) is 14.2. The number of fused-ring (bicyclic) bond motifs is 4. The zero-order valence-electron chi connectivity index (χ0n) is 28.8. The van der Waals surface area contributed by atoms with E-state index in [4.69, 9.17) is 19.7 Å². The van der Waals surface area contributed by atoms with Gasteiger partial charge < -0.3 is 14.5 Å². The average Bonchev–Trinajstić information content (AvgIpc) is 3.64. The summed E-state index contributed by atoms with van der Waals surface area (Å²) >= 11 is 0. The first kappa shape index (κ1) is 30.6. The molecule has 4 aromatic heterocycles. The van der Waals surface area contributed by atoms with Gasteiger partial charge in [0.15, 0.2) is 5.82 Å². The molecule has 0 N–H and O–H groups in total. The maximum Gasteiger partial charge on any atom is 0.158 e. The van der Waals surface area contributed by atoms with Gasteiger partial charge in [0.25, 0.3) is 0 Å². The van der Waals surface area contributed by atoms with Crippen LogP contribution in [0.25, 0.3) is 27.6 Å². The topological polar surface area (TPSA) is 59.3 Å². The molecule has 0 bridgehead atoms. The van der Waals surface area contributed by atoms with Crippen molar-refractivity contribution in [3.05, 3.63) is 132 Å². The fraction of sp³-hybridized carbons (Fsp3) is 0.214. The highest BCUT2D eigenvalue weighted by Gasteiger charge is 2.32. The molecule has 49 heavy (non-hydrogen) atoms. The standard InChI is InChI=1S/C42H40N6O/c1-27(2)35-21-28(3)25-45-40(35)47-26-46(41-37(47)15-10-19-44-41)30-11-9-12-31(23-30)49-32-16-17-34-33-13-7-8-14-36(33)48(38(34)24-32)39-22-29(18-20-43-39)42(4,5)6/h7-25,27H,26H2,1-6H3. The van der Waals surface area contributed by atoms with Gasteiger partial charge in [-0.1, -0.05) is 65.0 Å². The molecule has 0 fully saturated rings. The van der Waals surface area contributed by atoms with Gasteiger partial charge in [0, 0.05) is 47.2 Å². The van der Waals surface area contributed by atoms with Gasteiger partial charge in [-0.2, -0.15) is 0 Å². The molecule has 8 rings (SSSR count). The van der Waals surface area contributed by atoms with E-state index in [2.05, 4.69) is 135 Å². The van der Waals surface area contributed by atoms with Crippen molar-refractivity contribution in [2.45, 2.75) is 52.9 Å². The maximum absolute atomic E-state index is 6.61. The van der Waals surface area contributed by atoms with E-state index in [0.29, 0.717) is 12.6 Å². The number of para-hydroxylation sites is 1. The van der Waals surface area contributed by atoms with Gasteiger partial charge in [-0.15, -0.1) is 0 Å². The van der Waals surface area contributed by atoms with Crippen molar-refractivity contribution in [2.75, 3.05) is 16.5 Å². The van der Waals surface area contributed by atoms with E-state index in [9.17, 15) is 0 Å². The maximum atomic E-state index is 6.61. The second-order valence-corrected chi connectivity index (χ2v) is 14.2. The normalized spacial score (nSPS) is 13.1. The average molecular weight is 645 g/mol. The van der Waals surface area contributed by atoms with Gasteiger partial charge >= 0.3 is 0 Å². The number of ether oxygens (including phenoxy) is 1. The van der Waals surface area contributed by atoms with E-state index in [1.807, 2.05) is 36.8 Å². The zero-order chi connectivity index (χ0) is 33.9. The molecule has 0 amide bonds. The number of aryl methyl sites for hydroxylation is 1. The smallest absolute Gasteiger partial charge is 0.158 e. The molecule has 7 nitrogen and oxygen atoms in total. The van der Waals surface area contributed by atoms with Crippen LogP contribution in [0.5, 0.6) is 11.5 Å². The molecule has 7 heteroatoms. The van der Waals surface area contributed by atoms with Crippen LogP contribution in [0.3, 0.4) is 0 Å². The molecular weight excluding hydrogens is 605 g/mol. The van der Waals surface area contributed by atoms with Gasteiger partial charge in [-0.3, -0.25) is 4.57 Å². The summed E-state index contributed by atoms with van der Waals surface area (Å²) in [5.74, 6) is 4.60. The van der Waals surface area contributed by atoms with E-state index >= 15 is 0 Å². The van der Waals surface area contributed by atoms with E-state index in [-0.39, 0.29) is 5.41 Å². The van der Waals surface area contributed by atoms with Gasteiger partial charge in [-0.25, -0.2) is 15.0 Å². The van der Waals surface area contributed by atoms with Crippen LogP contribution in [0.2, 0.25) is 0 Å². The summed E-state index contributed by atoms with van der Waals surface area (Å²) in [5, 5.41) is 2.34. The van der Waals surface area contributed by atoms with Crippen molar-refractivity contribution in [1.82, 2.24) is 19.5 Å². The Bertz CT molecular complexity index is 2350.